The Balaban J connectivity index is 0.00000264. The molecule has 1 N–H and O–H groups in total. The molecule has 2 aromatic carbocycles. The minimum absolute atomic E-state index is 0. The molecule has 0 fully saturated rings. The molecule has 23 heavy (non-hydrogen) atoms. The number of rotatable bonds is 7. The van der Waals surface area contributed by atoms with E-state index in [4.69, 9.17) is 21.1 Å². The molecule has 3 nitrogen and oxygen atoms in total. The molecule has 0 atom stereocenters. The lowest BCUT2D eigenvalue weighted by molar-refractivity contribution is 0.267. The summed E-state index contributed by atoms with van der Waals surface area (Å²) in [5.74, 6) is 1.47. The molecule has 0 aliphatic carbocycles. The molecule has 0 saturated carbocycles. The molecule has 126 valence electrons. The highest BCUT2D eigenvalue weighted by molar-refractivity contribution is 9.10. The van der Waals surface area contributed by atoms with Gasteiger partial charge in [-0.25, -0.2) is 0 Å². The molecule has 0 aliphatic rings. The molecule has 0 heterocycles. The average Bonchev–Trinajstić information content (AvgIpc) is 2.49. The number of hydrogen-bond acceptors (Lipinski definition) is 3. The van der Waals surface area contributed by atoms with Gasteiger partial charge in [0, 0.05) is 11.6 Å². The fourth-order valence-electron chi connectivity index (χ4n) is 2.07. The lowest BCUT2D eigenvalue weighted by atomic mass is 10.2. The van der Waals surface area contributed by atoms with Crippen LogP contribution in [0.15, 0.2) is 40.9 Å². The second kappa shape index (κ2) is 10.0. The van der Waals surface area contributed by atoms with Gasteiger partial charge in [-0.2, -0.15) is 0 Å². The molecular weight excluding hydrogens is 401 g/mol. The van der Waals surface area contributed by atoms with Crippen LogP contribution < -0.4 is 14.8 Å². The summed E-state index contributed by atoms with van der Waals surface area (Å²) in [6.45, 7) is 3.78. The first-order valence-electron chi connectivity index (χ1n) is 7.11. The minimum Gasteiger partial charge on any atom is -0.490 e. The second-order valence-electron chi connectivity index (χ2n) is 4.78. The zero-order valence-electron chi connectivity index (χ0n) is 13.1. The Kier molecular flexibility index (Phi) is 8.77. The lowest BCUT2D eigenvalue weighted by Gasteiger charge is -2.15. The Morgan fingerprint density at radius 2 is 1.78 bits per heavy atom. The summed E-state index contributed by atoms with van der Waals surface area (Å²) in [6.07, 6.45) is 0. The SMILES string of the molecule is CCOc1cc(CNC)cc(Br)c1OCc1ccc(Cl)cc1.Cl. The molecule has 6 heteroatoms. The fourth-order valence-corrected chi connectivity index (χ4v) is 2.80. The Morgan fingerprint density at radius 1 is 1.09 bits per heavy atom. The maximum atomic E-state index is 5.94. The van der Waals surface area contributed by atoms with Gasteiger partial charge in [0.2, 0.25) is 0 Å². The number of halogens is 3. The van der Waals surface area contributed by atoms with Crippen molar-refractivity contribution in [1.29, 1.82) is 0 Å². The van der Waals surface area contributed by atoms with Crippen molar-refractivity contribution in [3.63, 3.8) is 0 Å². The Hall–Kier alpha value is -0.940. The number of hydrogen-bond donors (Lipinski definition) is 1. The summed E-state index contributed by atoms with van der Waals surface area (Å²) in [5.41, 5.74) is 2.19. The van der Waals surface area contributed by atoms with E-state index in [0.717, 1.165) is 38.7 Å². The van der Waals surface area contributed by atoms with Crippen LogP contribution in [0.4, 0.5) is 0 Å². The number of nitrogens with one attached hydrogen (secondary N) is 1. The van der Waals surface area contributed by atoms with Crippen molar-refractivity contribution in [3.8, 4) is 11.5 Å². The minimum atomic E-state index is 0. The standard InChI is InChI=1S/C17H19BrClNO2.ClH/c1-3-21-16-9-13(10-20-2)8-15(18)17(16)22-11-12-4-6-14(19)7-5-12;/h4-9,20H,3,10-11H2,1-2H3;1H. The van der Waals surface area contributed by atoms with Gasteiger partial charge in [-0.3, -0.25) is 0 Å². The first-order chi connectivity index (χ1) is 10.6. The third-order valence-corrected chi connectivity index (χ3v) is 3.89. The Morgan fingerprint density at radius 3 is 2.39 bits per heavy atom. The van der Waals surface area contributed by atoms with Gasteiger partial charge in [-0.15, -0.1) is 12.4 Å². The van der Waals surface area contributed by atoms with E-state index in [-0.39, 0.29) is 12.4 Å². The van der Waals surface area contributed by atoms with E-state index in [1.807, 2.05) is 50.4 Å². The van der Waals surface area contributed by atoms with E-state index in [1.165, 1.54) is 0 Å². The van der Waals surface area contributed by atoms with E-state index < -0.39 is 0 Å². The van der Waals surface area contributed by atoms with E-state index in [0.29, 0.717) is 13.2 Å². The van der Waals surface area contributed by atoms with Crippen LogP contribution >= 0.6 is 39.9 Å². The van der Waals surface area contributed by atoms with Gasteiger partial charge in [-0.05, 0) is 65.3 Å². The molecule has 0 spiro atoms. The van der Waals surface area contributed by atoms with Crippen molar-refractivity contribution in [3.05, 3.63) is 57.0 Å². The molecule has 0 radical (unpaired) electrons. The molecule has 0 aliphatic heterocycles. The predicted octanol–water partition coefficient (Wildman–Crippen LogP) is 5.22. The predicted molar refractivity (Wildman–Crippen MR) is 101 cm³/mol. The smallest absolute Gasteiger partial charge is 0.175 e. The van der Waals surface area contributed by atoms with Crippen LogP contribution in [0.1, 0.15) is 18.1 Å². The Labute approximate surface area is 156 Å². The van der Waals surface area contributed by atoms with Crippen LogP contribution in [-0.2, 0) is 13.2 Å². The molecule has 0 aromatic heterocycles. The monoisotopic (exact) mass is 419 g/mol. The van der Waals surface area contributed by atoms with Crippen molar-refractivity contribution >= 4 is 39.9 Å². The number of ether oxygens (including phenoxy) is 2. The molecule has 0 bridgehead atoms. The van der Waals surface area contributed by atoms with E-state index in [2.05, 4.69) is 21.2 Å². The van der Waals surface area contributed by atoms with Gasteiger partial charge >= 0.3 is 0 Å². The van der Waals surface area contributed by atoms with Crippen molar-refractivity contribution in [2.24, 2.45) is 0 Å². The normalized spacial score (nSPS) is 10.1. The van der Waals surface area contributed by atoms with Gasteiger partial charge < -0.3 is 14.8 Å². The van der Waals surface area contributed by atoms with Gasteiger partial charge in [0.15, 0.2) is 11.5 Å². The van der Waals surface area contributed by atoms with Crippen LogP contribution in [-0.4, -0.2) is 13.7 Å². The van der Waals surface area contributed by atoms with Crippen molar-refractivity contribution in [2.45, 2.75) is 20.1 Å². The van der Waals surface area contributed by atoms with Gasteiger partial charge in [0.05, 0.1) is 11.1 Å². The van der Waals surface area contributed by atoms with Crippen molar-refractivity contribution in [2.75, 3.05) is 13.7 Å². The molecule has 2 rings (SSSR count). The summed E-state index contributed by atoms with van der Waals surface area (Å²) < 4.78 is 12.5. The molecule has 0 saturated heterocycles. The van der Waals surface area contributed by atoms with Crippen LogP contribution in [0, 0.1) is 0 Å². The molecule has 0 amide bonds. The highest BCUT2D eigenvalue weighted by Crippen LogP contribution is 2.37. The average molecular weight is 421 g/mol. The highest BCUT2D eigenvalue weighted by Gasteiger charge is 2.12. The third kappa shape index (κ3) is 5.88. The first-order valence-corrected chi connectivity index (χ1v) is 8.28. The zero-order chi connectivity index (χ0) is 15.9. The quantitative estimate of drug-likeness (QED) is 0.665. The summed E-state index contributed by atoms with van der Waals surface area (Å²) in [5, 5.41) is 3.85. The summed E-state index contributed by atoms with van der Waals surface area (Å²) in [6, 6.07) is 11.7. The lowest BCUT2D eigenvalue weighted by Crippen LogP contribution is -2.07. The summed E-state index contributed by atoms with van der Waals surface area (Å²) >= 11 is 9.46. The highest BCUT2D eigenvalue weighted by atomic mass is 79.9. The summed E-state index contributed by atoms with van der Waals surface area (Å²) in [4.78, 5) is 0. The van der Waals surface area contributed by atoms with E-state index in [1.54, 1.807) is 0 Å². The molecular formula is C17H20BrCl2NO2. The first kappa shape index (κ1) is 20.1. The molecule has 0 unspecified atom stereocenters. The van der Waals surface area contributed by atoms with Crippen LogP contribution in [0.2, 0.25) is 5.02 Å². The molecule has 2 aromatic rings. The maximum Gasteiger partial charge on any atom is 0.175 e. The largest absolute Gasteiger partial charge is 0.490 e. The number of benzene rings is 2. The topological polar surface area (TPSA) is 30.5 Å². The van der Waals surface area contributed by atoms with Crippen LogP contribution in [0.5, 0.6) is 11.5 Å². The van der Waals surface area contributed by atoms with Gasteiger partial charge in [0.1, 0.15) is 6.61 Å². The zero-order valence-corrected chi connectivity index (χ0v) is 16.2. The Bertz CT molecular complexity index is 621. The van der Waals surface area contributed by atoms with Gasteiger partial charge in [-0.1, -0.05) is 23.7 Å². The maximum absolute atomic E-state index is 5.94. The van der Waals surface area contributed by atoms with Crippen LogP contribution in [0.25, 0.3) is 0 Å². The second-order valence-corrected chi connectivity index (χ2v) is 6.07. The summed E-state index contributed by atoms with van der Waals surface area (Å²) in [7, 11) is 1.92. The van der Waals surface area contributed by atoms with E-state index >= 15 is 0 Å². The van der Waals surface area contributed by atoms with Crippen molar-refractivity contribution in [1.82, 2.24) is 5.32 Å². The van der Waals surface area contributed by atoms with Gasteiger partial charge in [0.25, 0.3) is 0 Å². The van der Waals surface area contributed by atoms with Crippen molar-refractivity contribution < 1.29 is 9.47 Å². The van der Waals surface area contributed by atoms with E-state index in [9.17, 15) is 0 Å². The van der Waals surface area contributed by atoms with Crippen LogP contribution in [0.3, 0.4) is 0 Å². The third-order valence-electron chi connectivity index (χ3n) is 3.05. The fraction of sp³-hybridized carbons (Fsp3) is 0.294.